The van der Waals surface area contributed by atoms with Crippen molar-refractivity contribution < 1.29 is 28.3 Å². The van der Waals surface area contributed by atoms with E-state index in [1.165, 1.54) is 0 Å². The minimum atomic E-state index is -0.491. The molecule has 1 fully saturated rings. The van der Waals surface area contributed by atoms with Crippen LogP contribution in [-0.4, -0.2) is 47.3 Å². The smallest absolute Gasteiger partial charge is 0.336 e. The molecule has 8 heteroatoms. The lowest BCUT2D eigenvalue weighted by molar-refractivity contribution is -0.140. The van der Waals surface area contributed by atoms with E-state index in [1.54, 1.807) is 30.9 Å². The molecule has 0 saturated carbocycles. The molecule has 0 N–H and O–H groups in total. The molecule has 1 saturated heterocycles. The summed E-state index contributed by atoms with van der Waals surface area (Å²) >= 11 is 0. The summed E-state index contributed by atoms with van der Waals surface area (Å²) in [5, 5.41) is 0. The summed E-state index contributed by atoms with van der Waals surface area (Å²) in [7, 11) is 0. The van der Waals surface area contributed by atoms with Crippen LogP contribution in [0.15, 0.2) is 82.4 Å². The van der Waals surface area contributed by atoms with Crippen LogP contribution in [-0.2, 0) is 20.9 Å². The first-order valence-electron chi connectivity index (χ1n) is 13.8. The molecule has 5 rings (SSSR count). The number of furan rings is 1. The zero-order valence-electron chi connectivity index (χ0n) is 22.9. The van der Waals surface area contributed by atoms with Gasteiger partial charge in [0, 0.05) is 31.1 Å². The highest BCUT2D eigenvalue weighted by atomic mass is 16.5. The van der Waals surface area contributed by atoms with Crippen LogP contribution in [0.2, 0.25) is 0 Å². The molecule has 2 amide bonds. The Morgan fingerprint density at radius 2 is 1.70 bits per heavy atom. The van der Waals surface area contributed by atoms with Crippen LogP contribution in [0.25, 0.3) is 0 Å². The number of likely N-dealkylation sites (tertiary alicyclic amines) is 1. The van der Waals surface area contributed by atoms with Gasteiger partial charge < -0.3 is 23.7 Å². The molecule has 8 nitrogen and oxygen atoms in total. The molecule has 1 aromatic heterocycles. The Morgan fingerprint density at radius 3 is 2.45 bits per heavy atom. The summed E-state index contributed by atoms with van der Waals surface area (Å²) in [6.07, 6.45) is 3.19. The van der Waals surface area contributed by atoms with Crippen molar-refractivity contribution >= 4 is 17.8 Å². The van der Waals surface area contributed by atoms with Gasteiger partial charge in [-0.05, 0) is 75.1 Å². The molecule has 3 aromatic rings. The van der Waals surface area contributed by atoms with Crippen molar-refractivity contribution in [2.45, 2.75) is 52.0 Å². The predicted octanol–water partition coefficient (Wildman–Crippen LogP) is 6.05. The summed E-state index contributed by atoms with van der Waals surface area (Å²) in [6, 6.07) is 20.3. The maximum absolute atomic E-state index is 13.5. The highest BCUT2D eigenvalue weighted by Crippen LogP contribution is 2.39. The van der Waals surface area contributed by atoms with Crippen LogP contribution in [0.3, 0.4) is 0 Å². The summed E-state index contributed by atoms with van der Waals surface area (Å²) in [6.45, 7) is 5.29. The molecule has 2 aliphatic rings. The Morgan fingerprint density at radius 1 is 0.950 bits per heavy atom. The van der Waals surface area contributed by atoms with Gasteiger partial charge in [-0.25, -0.2) is 4.79 Å². The van der Waals surface area contributed by atoms with Crippen LogP contribution >= 0.6 is 0 Å². The Kier molecular flexibility index (Phi) is 8.34. The molecule has 2 aromatic carbocycles. The molecule has 0 bridgehead atoms. The number of hydrogen-bond donors (Lipinski definition) is 0. The van der Waals surface area contributed by atoms with Crippen LogP contribution in [0.4, 0.5) is 0 Å². The van der Waals surface area contributed by atoms with Gasteiger partial charge in [0.15, 0.2) is 5.76 Å². The van der Waals surface area contributed by atoms with Gasteiger partial charge in [0.25, 0.3) is 5.91 Å². The lowest BCUT2D eigenvalue weighted by Crippen LogP contribution is -2.38. The first kappa shape index (κ1) is 27.2. The third-order valence-electron chi connectivity index (χ3n) is 7.39. The van der Waals surface area contributed by atoms with Gasteiger partial charge in [-0.3, -0.25) is 9.59 Å². The molecule has 40 heavy (non-hydrogen) atoms. The Labute approximate surface area is 234 Å². The zero-order chi connectivity index (χ0) is 28.1. The van der Waals surface area contributed by atoms with Gasteiger partial charge in [-0.15, -0.1) is 0 Å². The normalized spacial score (nSPS) is 17.6. The number of allylic oxidation sites excluding steroid dienone is 1. The van der Waals surface area contributed by atoms with E-state index in [2.05, 4.69) is 0 Å². The number of piperidine rings is 1. The van der Waals surface area contributed by atoms with Crippen LogP contribution < -0.4 is 4.74 Å². The minimum Gasteiger partial charge on any atom is -0.463 e. The van der Waals surface area contributed by atoms with Crippen LogP contribution in [0.5, 0.6) is 11.5 Å². The molecule has 0 spiro atoms. The molecule has 1 atom stereocenters. The lowest BCUT2D eigenvalue weighted by Gasteiger charge is -2.34. The molecule has 2 aliphatic heterocycles. The van der Waals surface area contributed by atoms with Crippen molar-refractivity contribution in [1.82, 2.24) is 9.80 Å². The monoisotopic (exact) mass is 542 g/mol. The average Bonchev–Trinajstić information content (AvgIpc) is 3.44. The van der Waals surface area contributed by atoms with Crippen molar-refractivity contribution in [3.63, 3.8) is 0 Å². The number of carbonyl (C=O) groups excluding carboxylic acids is 3. The van der Waals surface area contributed by atoms with Gasteiger partial charge in [0.2, 0.25) is 5.91 Å². The third-order valence-corrected chi connectivity index (χ3v) is 7.39. The number of hydrogen-bond acceptors (Lipinski definition) is 6. The number of ether oxygens (including phenoxy) is 2. The average molecular weight is 543 g/mol. The standard InChI is InChI=1S/C32H34N2O6/c1-3-38-32(37)30-22(2)34(21-26-15-16-28(40-26)31(36)33-17-8-5-9-18-33)29(35)20-27(30)23-11-10-14-25(19-23)39-24-12-6-4-7-13-24/h4,6-7,10-16,19,27H,3,5,8-9,17-18,20-21H2,1-2H3/t27-/m1/s1. The third kappa shape index (κ3) is 5.96. The van der Waals surface area contributed by atoms with E-state index in [4.69, 9.17) is 13.9 Å². The maximum atomic E-state index is 13.5. The van der Waals surface area contributed by atoms with Gasteiger partial charge in [0.05, 0.1) is 18.7 Å². The van der Waals surface area contributed by atoms with E-state index < -0.39 is 11.9 Å². The summed E-state index contributed by atoms with van der Waals surface area (Å²) in [5.41, 5.74) is 1.72. The van der Waals surface area contributed by atoms with Crippen molar-refractivity contribution in [3.05, 3.63) is 95.1 Å². The Bertz CT molecular complexity index is 1400. The second kappa shape index (κ2) is 12.2. The molecule has 0 unspecified atom stereocenters. The van der Waals surface area contributed by atoms with Crippen molar-refractivity contribution in [1.29, 1.82) is 0 Å². The fourth-order valence-corrected chi connectivity index (χ4v) is 5.37. The van der Waals surface area contributed by atoms with E-state index in [-0.39, 0.29) is 37.1 Å². The molecule has 0 aliphatic carbocycles. The van der Waals surface area contributed by atoms with Crippen molar-refractivity contribution in [2.75, 3.05) is 19.7 Å². The molecule has 3 heterocycles. The lowest BCUT2D eigenvalue weighted by atomic mass is 9.83. The molecular weight excluding hydrogens is 508 g/mol. The van der Waals surface area contributed by atoms with E-state index >= 15 is 0 Å². The van der Waals surface area contributed by atoms with Gasteiger partial charge in [-0.2, -0.15) is 0 Å². The van der Waals surface area contributed by atoms with Gasteiger partial charge in [-0.1, -0.05) is 30.3 Å². The highest BCUT2D eigenvalue weighted by molar-refractivity contribution is 5.96. The number of amides is 2. The van der Waals surface area contributed by atoms with E-state index in [0.29, 0.717) is 28.5 Å². The van der Waals surface area contributed by atoms with Crippen LogP contribution in [0.1, 0.15) is 67.3 Å². The second-order valence-electron chi connectivity index (χ2n) is 10.1. The SMILES string of the molecule is CCOC(=O)C1=C(C)N(Cc2ccc(C(=O)N3CCCCC3)o2)C(=O)C[C@@H]1c1cccc(Oc2ccccc2)c1. The fourth-order valence-electron chi connectivity index (χ4n) is 5.37. The zero-order valence-corrected chi connectivity index (χ0v) is 22.9. The molecular formula is C32H34N2O6. The highest BCUT2D eigenvalue weighted by Gasteiger charge is 2.37. The number of benzene rings is 2. The van der Waals surface area contributed by atoms with Crippen molar-refractivity contribution in [3.8, 4) is 11.5 Å². The van der Waals surface area contributed by atoms with Crippen molar-refractivity contribution in [2.24, 2.45) is 0 Å². The maximum Gasteiger partial charge on any atom is 0.336 e. The van der Waals surface area contributed by atoms with Crippen LogP contribution in [0, 0.1) is 0 Å². The first-order chi connectivity index (χ1) is 19.4. The quantitative estimate of drug-likeness (QED) is 0.322. The number of rotatable bonds is 8. The van der Waals surface area contributed by atoms with E-state index in [9.17, 15) is 14.4 Å². The number of nitrogens with zero attached hydrogens (tertiary/aromatic N) is 2. The number of carbonyl (C=O) groups is 3. The topological polar surface area (TPSA) is 89.3 Å². The van der Waals surface area contributed by atoms with Gasteiger partial charge in [0.1, 0.15) is 17.3 Å². The largest absolute Gasteiger partial charge is 0.463 e. The van der Waals surface area contributed by atoms with E-state index in [0.717, 1.165) is 37.9 Å². The Hall–Kier alpha value is -4.33. The van der Waals surface area contributed by atoms with E-state index in [1.807, 2.05) is 59.5 Å². The minimum absolute atomic E-state index is 0.0839. The Balaban J connectivity index is 1.40. The summed E-state index contributed by atoms with van der Waals surface area (Å²) < 4.78 is 17.3. The van der Waals surface area contributed by atoms with Gasteiger partial charge >= 0.3 is 5.97 Å². The molecule has 0 radical (unpaired) electrons. The number of para-hydroxylation sites is 1. The predicted molar refractivity (Wildman–Crippen MR) is 149 cm³/mol. The second-order valence-corrected chi connectivity index (χ2v) is 10.1. The number of esters is 1. The first-order valence-corrected chi connectivity index (χ1v) is 13.8. The molecule has 208 valence electrons. The fraction of sp³-hybridized carbons (Fsp3) is 0.344. The summed E-state index contributed by atoms with van der Waals surface area (Å²) in [5.74, 6) is 0.820. The summed E-state index contributed by atoms with van der Waals surface area (Å²) in [4.78, 5) is 42.9.